The first-order chi connectivity index (χ1) is 9.26. The van der Waals surface area contributed by atoms with E-state index in [9.17, 15) is 0 Å². The Morgan fingerprint density at radius 1 is 1.15 bits per heavy atom. The lowest BCUT2D eigenvalue weighted by atomic mass is 9.84. The highest BCUT2D eigenvalue weighted by Crippen LogP contribution is 2.37. The van der Waals surface area contributed by atoms with Crippen molar-refractivity contribution in [1.29, 1.82) is 0 Å². The number of nitrogens with one attached hydrogen (secondary N) is 1. The van der Waals surface area contributed by atoms with Crippen molar-refractivity contribution in [3.63, 3.8) is 0 Å². The minimum Gasteiger partial charge on any atom is -0.311 e. The fourth-order valence-corrected chi connectivity index (χ4v) is 3.20. The molecule has 1 aromatic carbocycles. The van der Waals surface area contributed by atoms with Crippen LogP contribution < -0.4 is 5.32 Å². The topological polar surface area (TPSA) is 12.0 Å². The predicted octanol–water partition coefficient (Wildman–Crippen LogP) is 5.90. The number of benzene rings is 1. The third kappa shape index (κ3) is 5.27. The summed E-state index contributed by atoms with van der Waals surface area (Å²) in [5.74, 6) is 0.891. The van der Waals surface area contributed by atoms with Crippen molar-refractivity contribution >= 4 is 23.2 Å². The summed E-state index contributed by atoms with van der Waals surface area (Å²) in [5.41, 5.74) is 1.19. The molecule has 0 saturated heterocycles. The van der Waals surface area contributed by atoms with E-state index in [-0.39, 0.29) is 5.54 Å². The molecule has 0 amide bonds. The summed E-state index contributed by atoms with van der Waals surface area (Å²) in [6.45, 7) is 12.0. The van der Waals surface area contributed by atoms with Crippen molar-refractivity contribution in [2.45, 2.75) is 58.9 Å². The molecule has 3 heteroatoms. The lowest BCUT2D eigenvalue weighted by Gasteiger charge is -2.30. The molecule has 20 heavy (non-hydrogen) atoms. The highest BCUT2D eigenvalue weighted by molar-refractivity contribution is 6.36. The quantitative estimate of drug-likeness (QED) is 0.689. The van der Waals surface area contributed by atoms with Gasteiger partial charge in [-0.1, -0.05) is 56.0 Å². The fourth-order valence-electron chi connectivity index (χ4n) is 2.53. The average molecular weight is 316 g/mol. The minimum atomic E-state index is 0.0952. The zero-order chi connectivity index (χ0) is 15.3. The Hall–Kier alpha value is -0.240. The lowest BCUT2D eigenvalue weighted by Crippen LogP contribution is -2.39. The van der Waals surface area contributed by atoms with Gasteiger partial charge < -0.3 is 5.32 Å². The lowest BCUT2D eigenvalue weighted by molar-refractivity contribution is 0.349. The normalized spacial score (nSPS) is 15.2. The van der Waals surface area contributed by atoms with Crippen molar-refractivity contribution in [2.24, 2.45) is 5.92 Å². The summed E-state index contributed by atoms with van der Waals surface area (Å²) in [6, 6.07) is 5.78. The summed E-state index contributed by atoms with van der Waals surface area (Å²) in [5, 5.41) is 5.15. The zero-order valence-corrected chi connectivity index (χ0v) is 14.8. The van der Waals surface area contributed by atoms with Crippen molar-refractivity contribution in [3.8, 4) is 0 Å². The first-order valence-electron chi connectivity index (χ1n) is 7.45. The van der Waals surface area contributed by atoms with E-state index < -0.39 is 0 Å². The molecule has 0 aliphatic heterocycles. The van der Waals surface area contributed by atoms with Gasteiger partial charge >= 0.3 is 0 Å². The monoisotopic (exact) mass is 315 g/mol. The van der Waals surface area contributed by atoms with Crippen LogP contribution in [-0.4, -0.2) is 12.1 Å². The van der Waals surface area contributed by atoms with Gasteiger partial charge in [0.05, 0.1) is 0 Å². The van der Waals surface area contributed by atoms with Gasteiger partial charge in [0.15, 0.2) is 0 Å². The van der Waals surface area contributed by atoms with Crippen LogP contribution >= 0.6 is 23.2 Å². The van der Waals surface area contributed by atoms with E-state index in [1.54, 1.807) is 0 Å². The van der Waals surface area contributed by atoms with Crippen molar-refractivity contribution in [1.82, 2.24) is 5.32 Å². The van der Waals surface area contributed by atoms with Crippen LogP contribution in [0.15, 0.2) is 18.2 Å². The van der Waals surface area contributed by atoms with Gasteiger partial charge in [-0.3, -0.25) is 0 Å². The van der Waals surface area contributed by atoms with Gasteiger partial charge in [-0.2, -0.15) is 0 Å². The number of rotatable bonds is 6. The molecule has 1 aromatic rings. The molecule has 0 bridgehead atoms. The highest BCUT2D eigenvalue weighted by Gasteiger charge is 2.25. The van der Waals surface area contributed by atoms with E-state index in [2.05, 4.69) is 39.9 Å². The maximum absolute atomic E-state index is 6.41. The van der Waals surface area contributed by atoms with Crippen LogP contribution in [0.4, 0.5) is 0 Å². The molecule has 0 aliphatic carbocycles. The average Bonchev–Trinajstić information content (AvgIpc) is 2.31. The SMILES string of the molecule is CCCC(C)C(CNC(C)(C)C)c1c(Cl)cccc1Cl. The van der Waals surface area contributed by atoms with Crippen molar-refractivity contribution in [2.75, 3.05) is 6.54 Å². The molecule has 0 heterocycles. The van der Waals surface area contributed by atoms with Crippen molar-refractivity contribution in [3.05, 3.63) is 33.8 Å². The zero-order valence-electron chi connectivity index (χ0n) is 13.3. The van der Waals surface area contributed by atoms with E-state index in [0.717, 1.165) is 22.2 Å². The van der Waals surface area contributed by atoms with Crippen LogP contribution in [0.1, 0.15) is 58.9 Å². The van der Waals surface area contributed by atoms with Crippen LogP contribution in [0.3, 0.4) is 0 Å². The van der Waals surface area contributed by atoms with E-state index >= 15 is 0 Å². The summed E-state index contributed by atoms with van der Waals surface area (Å²) >= 11 is 12.8. The van der Waals surface area contributed by atoms with E-state index in [0.29, 0.717) is 11.8 Å². The van der Waals surface area contributed by atoms with E-state index in [4.69, 9.17) is 23.2 Å². The number of halogens is 2. The van der Waals surface area contributed by atoms with Crippen LogP contribution in [0.2, 0.25) is 10.0 Å². The third-order valence-electron chi connectivity index (χ3n) is 3.65. The second-order valence-corrected chi connectivity index (χ2v) is 7.45. The third-order valence-corrected chi connectivity index (χ3v) is 4.31. The van der Waals surface area contributed by atoms with Gasteiger partial charge in [-0.05, 0) is 44.4 Å². The smallest absolute Gasteiger partial charge is 0.0456 e. The largest absolute Gasteiger partial charge is 0.311 e. The van der Waals surface area contributed by atoms with Gasteiger partial charge in [0, 0.05) is 28.0 Å². The molecule has 0 fully saturated rings. The van der Waals surface area contributed by atoms with Gasteiger partial charge in [0.2, 0.25) is 0 Å². The van der Waals surface area contributed by atoms with Crippen LogP contribution in [0.5, 0.6) is 0 Å². The van der Waals surface area contributed by atoms with Gasteiger partial charge in [-0.25, -0.2) is 0 Å². The molecule has 0 spiro atoms. The molecular formula is C17H27Cl2N. The Labute approximate surface area is 134 Å². The fraction of sp³-hybridized carbons (Fsp3) is 0.647. The maximum atomic E-state index is 6.41. The molecule has 1 N–H and O–H groups in total. The molecule has 114 valence electrons. The predicted molar refractivity (Wildman–Crippen MR) is 91.0 cm³/mol. The second-order valence-electron chi connectivity index (χ2n) is 6.64. The molecule has 1 nitrogen and oxygen atoms in total. The Balaban J connectivity index is 3.03. The second kappa shape index (κ2) is 7.68. The Morgan fingerprint density at radius 2 is 1.70 bits per heavy atom. The first kappa shape index (κ1) is 17.8. The van der Waals surface area contributed by atoms with Crippen LogP contribution in [-0.2, 0) is 0 Å². The van der Waals surface area contributed by atoms with Crippen LogP contribution in [0.25, 0.3) is 0 Å². The first-order valence-corrected chi connectivity index (χ1v) is 8.20. The van der Waals surface area contributed by atoms with E-state index in [1.807, 2.05) is 18.2 Å². The van der Waals surface area contributed by atoms with Gasteiger partial charge in [0.25, 0.3) is 0 Å². The molecule has 0 saturated carbocycles. The molecule has 0 aromatic heterocycles. The van der Waals surface area contributed by atoms with E-state index in [1.165, 1.54) is 12.8 Å². The molecular weight excluding hydrogens is 289 g/mol. The summed E-state index contributed by atoms with van der Waals surface area (Å²) < 4.78 is 0. The highest BCUT2D eigenvalue weighted by atomic mass is 35.5. The Morgan fingerprint density at radius 3 is 2.15 bits per heavy atom. The maximum Gasteiger partial charge on any atom is 0.0456 e. The molecule has 1 rings (SSSR count). The molecule has 0 aliphatic rings. The van der Waals surface area contributed by atoms with Crippen LogP contribution in [0, 0.1) is 5.92 Å². The van der Waals surface area contributed by atoms with Gasteiger partial charge in [-0.15, -0.1) is 0 Å². The molecule has 2 unspecified atom stereocenters. The van der Waals surface area contributed by atoms with Gasteiger partial charge in [0.1, 0.15) is 0 Å². The molecule has 2 atom stereocenters. The molecule has 0 radical (unpaired) electrons. The Bertz CT molecular complexity index is 403. The minimum absolute atomic E-state index is 0.0952. The number of hydrogen-bond acceptors (Lipinski definition) is 1. The Kier molecular flexibility index (Phi) is 6.84. The number of hydrogen-bond donors (Lipinski definition) is 1. The van der Waals surface area contributed by atoms with Crippen molar-refractivity contribution < 1.29 is 0 Å². The summed E-state index contributed by atoms with van der Waals surface area (Å²) in [6.07, 6.45) is 2.35. The summed E-state index contributed by atoms with van der Waals surface area (Å²) in [7, 11) is 0. The summed E-state index contributed by atoms with van der Waals surface area (Å²) in [4.78, 5) is 0. The standard InChI is InChI=1S/C17H27Cl2N/c1-6-8-12(2)13(11-20-17(3,4)5)16-14(18)9-7-10-15(16)19/h7,9-10,12-13,20H,6,8,11H2,1-5H3.